The number of rotatable bonds is 6. The third-order valence-corrected chi connectivity index (χ3v) is 9.10. The Kier molecular flexibility index (Phi) is 7.36. The number of hydrogen-bond acceptors (Lipinski definition) is 5. The fourth-order valence-electron chi connectivity index (χ4n) is 6.33. The summed E-state index contributed by atoms with van der Waals surface area (Å²) in [5.74, 6) is 1.92. The van der Waals surface area contributed by atoms with Crippen LogP contribution in [0, 0.1) is 5.92 Å². The number of nitrogens with zero attached hydrogens (tertiary/aromatic N) is 4. The van der Waals surface area contributed by atoms with Crippen molar-refractivity contribution in [3.63, 3.8) is 0 Å². The molecule has 3 aliphatic rings. The normalized spacial score (nSPS) is 25.4. The Hall–Kier alpha value is -1.86. The average Bonchev–Trinajstić information content (AvgIpc) is 3.29. The van der Waals surface area contributed by atoms with Crippen LogP contribution in [0.25, 0.3) is 10.1 Å². The van der Waals surface area contributed by atoms with Crippen molar-refractivity contribution in [3.8, 4) is 0 Å². The first kappa shape index (κ1) is 22.9. The minimum atomic E-state index is -0.684. The predicted octanol–water partition coefficient (Wildman–Crippen LogP) is 5.68. The number of piperazine rings is 1. The molecule has 2 aromatic rings. The molecule has 2 aliphatic carbocycles. The zero-order valence-corrected chi connectivity index (χ0v) is 20.5. The van der Waals surface area contributed by atoms with Gasteiger partial charge in [-0.25, -0.2) is 4.79 Å². The van der Waals surface area contributed by atoms with Gasteiger partial charge >= 0.3 is 6.09 Å². The summed E-state index contributed by atoms with van der Waals surface area (Å²) in [4.78, 5) is 18.9. The Labute approximate surface area is 201 Å². The standard InChI is InChI=1S/C26H38N4O2S/c31-26(32)30(21-6-2-1-3-7-21)22-12-10-20(11-13-22)14-15-28-16-18-29(19-17-28)25-23-8-4-5-9-24(23)33-27-25/h4-5,8-9,20-22H,1-3,6-7,10-19H2,(H,31,32). The van der Waals surface area contributed by atoms with E-state index in [1.54, 1.807) is 11.5 Å². The van der Waals surface area contributed by atoms with Crippen LogP contribution in [0.2, 0.25) is 0 Å². The summed E-state index contributed by atoms with van der Waals surface area (Å²) in [6.07, 6.45) is 10.8. The highest BCUT2D eigenvalue weighted by atomic mass is 32.1. The summed E-state index contributed by atoms with van der Waals surface area (Å²) >= 11 is 1.60. The molecule has 5 rings (SSSR count). The van der Waals surface area contributed by atoms with Gasteiger partial charge in [-0.3, -0.25) is 4.90 Å². The second kappa shape index (κ2) is 10.6. The molecule has 0 radical (unpaired) electrons. The molecule has 1 saturated heterocycles. The number of fused-ring (bicyclic) bond motifs is 1. The first-order valence-electron chi connectivity index (χ1n) is 13.0. The van der Waals surface area contributed by atoms with Gasteiger partial charge in [-0.2, -0.15) is 4.37 Å². The molecule has 1 aliphatic heterocycles. The molecule has 1 N–H and O–H groups in total. The Morgan fingerprint density at radius 2 is 1.67 bits per heavy atom. The van der Waals surface area contributed by atoms with Gasteiger partial charge in [-0.15, -0.1) is 0 Å². The summed E-state index contributed by atoms with van der Waals surface area (Å²) in [7, 11) is 0. The van der Waals surface area contributed by atoms with Crippen molar-refractivity contribution < 1.29 is 9.90 Å². The molecule has 0 unspecified atom stereocenters. The molecule has 1 aromatic heterocycles. The van der Waals surface area contributed by atoms with Crippen molar-refractivity contribution >= 4 is 33.5 Å². The van der Waals surface area contributed by atoms with Gasteiger partial charge in [0.25, 0.3) is 0 Å². The number of carboxylic acid groups (broad SMARTS) is 1. The molecule has 180 valence electrons. The minimum absolute atomic E-state index is 0.248. The van der Waals surface area contributed by atoms with Crippen molar-refractivity contribution in [2.75, 3.05) is 37.6 Å². The summed E-state index contributed by atoms with van der Waals surface area (Å²) in [5, 5.41) is 11.2. The SMILES string of the molecule is O=C(O)N(C1CCCCC1)C1CCC(CCN2CCN(c3nsc4ccccc34)CC2)CC1. The highest BCUT2D eigenvalue weighted by Crippen LogP contribution is 2.34. The third-order valence-electron chi connectivity index (χ3n) is 8.28. The molecule has 7 heteroatoms. The molecular formula is C26H38N4O2S. The van der Waals surface area contributed by atoms with Crippen LogP contribution in [0.15, 0.2) is 24.3 Å². The van der Waals surface area contributed by atoms with Crippen LogP contribution in [0.1, 0.15) is 64.2 Å². The second-order valence-electron chi connectivity index (χ2n) is 10.3. The van der Waals surface area contributed by atoms with Gasteiger partial charge in [-0.1, -0.05) is 31.4 Å². The monoisotopic (exact) mass is 470 g/mol. The lowest BCUT2D eigenvalue weighted by atomic mass is 9.82. The largest absolute Gasteiger partial charge is 0.465 e. The smallest absolute Gasteiger partial charge is 0.407 e. The lowest BCUT2D eigenvalue weighted by Gasteiger charge is -2.41. The fraction of sp³-hybridized carbons (Fsp3) is 0.692. The van der Waals surface area contributed by atoms with E-state index in [9.17, 15) is 9.90 Å². The van der Waals surface area contributed by atoms with E-state index in [1.165, 1.54) is 55.2 Å². The van der Waals surface area contributed by atoms with Crippen molar-refractivity contribution in [2.24, 2.45) is 5.92 Å². The zero-order chi connectivity index (χ0) is 22.6. The Morgan fingerprint density at radius 3 is 2.39 bits per heavy atom. The van der Waals surface area contributed by atoms with Crippen LogP contribution in [0.3, 0.4) is 0 Å². The average molecular weight is 471 g/mol. The number of hydrogen-bond donors (Lipinski definition) is 1. The van der Waals surface area contributed by atoms with Gasteiger partial charge in [0, 0.05) is 43.6 Å². The van der Waals surface area contributed by atoms with E-state index in [1.807, 2.05) is 4.90 Å². The summed E-state index contributed by atoms with van der Waals surface area (Å²) in [5.41, 5.74) is 0. The lowest BCUT2D eigenvalue weighted by Crippen LogP contribution is -2.49. The van der Waals surface area contributed by atoms with Crippen LogP contribution < -0.4 is 4.90 Å². The number of amides is 1. The van der Waals surface area contributed by atoms with E-state index >= 15 is 0 Å². The quantitative estimate of drug-likeness (QED) is 0.589. The Morgan fingerprint density at radius 1 is 0.970 bits per heavy atom. The topological polar surface area (TPSA) is 59.9 Å². The molecule has 1 amide bonds. The minimum Gasteiger partial charge on any atom is -0.465 e. The molecule has 1 aromatic carbocycles. The van der Waals surface area contributed by atoms with Crippen LogP contribution in [0.4, 0.5) is 10.6 Å². The highest BCUT2D eigenvalue weighted by molar-refractivity contribution is 7.13. The molecule has 2 saturated carbocycles. The van der Waals surface area contributed by atoms with Crippen LogP contribution >= 0.6 is 11.5 Å². The molecular weight excluding hydrogens is 432 g/mol. The Bertz CT molecular complexity index is 912. The first-order chi connectivity index (χ1) is 16.2. The number of aromatic nitrogens is 1. The third kappa shape index (κ3) is 5.29. The van der Waals surface area contributed by atoms with E-state index in [2.05, 4.69) is 34.1 Å². The molecule has 3 fully saturated rings. The first-order valence-corrected chi connectivity index (χ1v) is 13.8. The maximum absolute atomic E-state index is 12.0. The maximum Gasteiger partial charge on any atom is 0.407 e. The van der Waals surface area contributed by atoms with Gasteiger partial charge in [0.2, 0.25) is 0 Å². The number of carbonyl (C=O) groups is 1. The highest BCUT2D eigenvalue weighted by Gasteiger charge is 2.34. The fourth-order valence-corrected chi connectivity index (χ4v) is 7.13. The van der Waals surface area contributed by atoms with Crippen molar-refractivity contribution in [1.29, 1.82) is 0 Å². The van der Waals surface area contributed by atoms with Crippen molar-refractivity contribution in [2.45, 2.75) is 76.3 Å². The summed E-state index contributed by atoms with van der Waals surface area (Å²) < 4.78 is 6.01. The van der Waals surface area contributed by atoms with Gasteiger partial charge < -0.3 is 14.9 Å². The molecule has 33 heavy (non-hydrogen) atoms. The van der Waals surface area contributed by atoms with Crippen LogP contribution in [0.5, 0.6) is 0 Å². The molecule has 0 atom stereocenters. The van der Waals surface area contributed by atoms with Gasteiger partial charge in [0.05, 0.1) is 4.70 Å². The number of anilines is 1. The second-order valence-corrected chi connectivity index (χ2v) is 11.1. The van der Waals surface area contributed by atoms with Gasteiger partial charge in [0.15, 0.2) is 0 Å². The molecule has 6 nitrogen and oxygen atoms in total. The Balaban J connectivity index is 1.06. The molecule has 0 spiro atoms. The van der Waals surface area contributed by atoms with Gasteiger partial charge in [-0.05, 0) is 81.1 Å². The van der Waals surface area contributed by atoms with Gasteiger partial charge in [0.1, 0.15) is 5.82 Å². The summed E-state index contributed by atoms with van der Waals surface area (Å²) in [6, 6.07) is 9.06. The molecule has 2 heterocycles. The lowest BCUT2D eigenvalue weighted by molar-refractivity contribution is 0.0621. The van der Waals surface area contributed by atoms with E-state index in [0.29, 0.717) is 0 Å². The van der Waals surface area contributed by atoms with E-state index in [-0.39, 0.29) is 12.1 Å². The van der Waals surface area contributed by atoms with E-state index in [4.69, 9.17) is 4.37 Å². The van der Waals surface area contributed by atoms with Crippen LogP contribution in [-0.2, 0) is 0 Å². The van der Waals surface area contributed by atoms with Crippen molar-refractivity contribution in [3.05, 3.63) is 24.3 Å². The maximum atomic E-state index is 12.0. The zero-order valence-electron chi connectivity index (χ0n) is 19.7. The number of benzene rings is 1. The van der Waals surface area contributed by atoms with E-state index in [0.717, 1.165) is 63.6 Å². The van der Waals surface area contributed by atoms with Crippen molar-refractivity contribution in [1.82, 2.24) is 14.2 Å². The predicted molar refractivity (Wildman–Crippen MR) is 135 cm³/mol. The van der Waals surface area contributed by atoms with E-state index < -0.39 is 6.09 Å². The molecule has 0 bridgehead atoms. The summed E-state index contributed by atoms with van der Waals surface area (Å²) in [6.45, 7) is 5.49. The van der Waals surface area contributed by atoms with Crippen LogP contribution in [-0.4, -0.2) is 70.2 Å².